The summed E-state index contributed by atoms with van der Waals surface area (Å²) in [5.41, 5.74) is 2.37. The zero-order valence-electron chi connectivity index (χ0n) is 11.3. The first-order chi connectivity index (χ1) is 9.69. The van der Waals surface area contributed by atoms with Gasteiger partial charge in [-0.3, -0.25) is 9.67 Å². The molecule has 3 aromatic rings. The van der Waals surface area contributed by atoms with Crippen LogP contribution in [-0.4, -0.2) is 19.7 Å². The van der Waals surface area contributed by atoms with Crippen LogP contribution in [0.4, 0.5) is 0 Å². The van der Waals surface area contributed by atoms with E-state index in [1.54, 1.807) is 11.3 Å². The summed E-state index contributed by atoms with van der Waals surface area (Å²) >= 11 is 6.85. The molecule has 0 amide bonds. The van der Waals surface area contributed by atoms with Gasteiger partial charge in [-0.1, -0.05) is 23.8 Å². The van der Waals surface area contributed by atoms with E-state index in [1.165, 1.54) is 5.56 Å². The molecule has 0 saturated carbocycles. The number of aromatic nitrogens is 4. The average Bonchev–Trinajstić information content (AvgIpc) is 3.04. The third kappa shape index (κ3) is 2.32. The van der Waals surface area contributed by atoms with Crippen molar-refractivity contribution < 1.29 is 0 Å². The molecule has 0 aliphatic heterocycles. The molecule has 0 spiro atoms. The van der Waals surface area contributed by atoms with Crippen molar-refractivity contribution in [2.75, 3.05) is 0 Å². The summed E-state index contributed by atoms with van der Waals surface area (Å²) in [6.45, 7) is 4.93. The van der Waals surface area contributed by atoms with E-state index in [4.69, 9.17) is 12.2 Å². The fourth-order valence-electron chi connectivity index (χ4n) is 2.09. The van der Waals surface area contributed by atoms with Gasteiger partial charge in [0.1, 0.15) is 5.01 Å². The molecule has 2 aromatic heterocycles. The van der Waals surface area contributed by atoms with Gasteiger partial charge in [0.25, 0.3) is 0 Å². The molecule has 0 radical (unpaired) electrons. The molecular formula is C14H14N4S2. The van der Waals surface area contributed by atoms with Crippen LogP contribution in [-0.2, 0) is 6.54 Å². The highest BCUT2D eigenvalue weighted by Crippen LogP contribution is 2.31. The van der Waals surface area contributed by atoms with Crippen molar-refractivity contribution in [3.63, 3.8) is 0 Å². The van der Waals surface area contributed by atoms with Gasteiger partial charge in [0.15, 0.2) is 10.6 Å². The molecule has 20 heavy (non-hydrogen) atoms. The van der Waals surface area contributed by atoms with E-state index >= 15 is 0 Å². The van der Waals surface area contributed by atoms with Gasteiger partial charge in [-0.2, -0.15) is 5.10 Å². The fraction of sp³-hybridized carbons (Fsp3) is 0.214. The minimum atomic E-state index is 0.646. The SMILES string of the molecule is CCn1c(-c2cnc(-c3cccc(C)c3)s2)n[nH]c1=S. The Balaban J connectivity index is 2.04. The quantitative estimate of drug-likeness (QED) is 0.742. The molecule has 0 aliphatic rings. The van der Waals surface area contributed by atoms with Gasteiger partial charge in [0, 0.05) is 18.3 Å². The molecule has 6 heteroatoms. The van der Waals surface area contributed by atoms with Gasteiger partial charge in [-0.25, -0.2) is 4.98 Å². The Hall–Kier alpha value is -1.79. The molecule has 3 rings (SSSR count). The first-order valence-corrected chi connectivity index (χ1v) is 7.60. The number of rotatable bonds is 3. The van der Waals surface area contributed by atoms with Gasteiger partial charge in [0.05, 0.1) is 4.88 Å². The molecule has 1 aromatic carbocycles. The predicted molar refractivity (Wildman–Crippen MR) is 84.4 cm³/mol. The van der Waals surface area contributed by atoms with Crippen molar-refractivity contribution >= 4 is 23.6 Å². The number of H-pyrrole nitrogens is 1. The van der Waals surface area contributed by atoms with Crippen LogP contribution >= 0.6 is 23.6 Å². The normalized spacial score (nSPS) is 10.9. The van der Waals surface area contributed by atoms with Crippen molar-refractivity contribution in [1.82, 2.24) is 19.7 Å². The van der Waals surface area contributed by atoms with Gasteiger partial charge >= 0.3 is 0 Å². The maximum absolute atomic E-state index is 5.22. The minimum absolute atomic E-state index is 0.646. The largest absolute Gasteiger partial charge is 0.300 e. The lowest BCUT2D eigenvalue weighted by molar-refractivity contribution is 0.756. The monoisotopic (exact) mass is 302 g/mol. The molecule has 0 saturated heterocycles. The zero-order valence-corrected chi connectivity index (χ0v) is 12.9. The lowest BCUT2D eigenvalue weighted by Gasteiger charge is -1.99. The second kappa shape index (κ2) is 5.30. The lowest BCUT2D eigenvalue weighted by Crippen LogP contribution is -1.96. The number of aromatic amines is 1. The first kappa shape index (κ1) is 13.2. The van der Waals surface area contributed by atoms with E-state index in [1.807, 2.05) is 16.8 Å². The highest BCUT2D eigenvalue weighted by Gasteiger charge is 2.12. The number of nitrogens with one attached hydrogen (secondary N) is 1. The number of thiazole rings is 1. The highest BCUT2D eigenvalue weighted by molar-refractivity contribution is 7.71. The molecule has 0 aliphatic carbocycles. The standard InChI is InChI=1S/C14H14N4S2/c1-3-18-12(16-17-14(18)19)11-8-15-13(20-11)10-6-4-5-9(2)7-10/h4-8H,3H2,1-2H3,(H,17,19). The summed E-state index contributed by atoms with van der Waals surface area (Å²) in [5.74, 6) is 0.855. The third-order valence-electron chi connectivity index (χ3n) is 3.07. The van der Waals surface area contributed by atoms with Gasteiger partial charge < -0.3 is 0 Å². The third-order valence-corrected chi connectivity index (χ3v) is 4.42. The average molecular weight is 302 g/mol. The van der Waals surface area contributed by atoms with Gasteiger partial charge in [-0.05, 0) is 32.1 Å². The molecule has 0 unspecified atom stereocenters. The van der Waals surface area contributed by atoms with E-state index < -0.39 is 0 Å². The Labute approximate surface area is 126 Å². The van der Waals surface area contributed by atoms with Gasteiger partial charge in [0.2, 0.25) is 0 Å². The van der Waals surface area contributed by atoms with Crippen LogP contribution in [0, 0.1) is 11.7 Å². The maximum atomic E-state index is 5.22. The Kier molecular flexibility index (Phi) is 3.50. The Morgan fingerprint density at radius 1 is 1.40 bits per heavy atom. The number of benzene rings is 1. The fourth-order valence-corrected chi connectivity index (χ4v) is 3.26. The molecule has 102 valence electrons. The van der Waals surface area contributed by atoms with E-state index in [9.17, 15) is 0 Å². The minimum Gasteiger partial charge on any atom is -0.300 e. The number of hydrogen-bond acceptors (Lipinski definition) is 4. The second-order valence-electron chi connectivity index (χ2n) is 4.50. The van der Waals surface area contributed by atoms with Crippen molar-refractivity contribution in [1.29, 1.82) is 0 Å². The summed E-state index contributed by atoms with van der Waals surface area (Å²) in [4.78, 5) is 5.53. The van der Waals surface area contributed by atoms with Crippen LogP contribution in [0.3, 0.4) is 0 Å². The van der Waals surface area contributed by atoms with E-state index in [0.29, 0.717) is 4.77 Å². The van der Waals surface area contributed by atoms with Gasteiger partial charge in [-0.15, -0.1) is 11.3 Å². The van der Waals surface area contributed by atoms with Crippen LogP contribution < -0.4 is 0 Å². The molecule has 0 atom stereocenters. The molecule has 4 nitrogen and oxygen atoms in total. The number of aryl methyl sites for hydroxylation is 1. The molecule has 2 heterocycles. The molecule has 0 bridgehead atoms. The van der Waals surface area contributed by atoms with Crippen LogP contribution in [0.25, 0.3) is 21.3 Å². The van der Waals surface area contributed by atoms with Crippen molar-refractivity contribution in [2.24, 2.45) is 0 Å². The zero-order chi connectivity index (χ0) is 14.1. The smallest absolute Gasteiger partial charge is 0.195 e. The first-order valence-electron chi connectivity index (χ1n) is 6.37. The summed E-state index contributed by atoms with van der Waals surface area (Å²) in [6.07, 6.45) is 1.86. The Bertz CT molecular complexity index is 797. The van der Waals surface area contributed by atoms with Crippen molar-refractivity contribution in [2.45, 2.75) is 20.4 Å². The highest BCUT2D eigenvalue weighted by atomic mass is 32.1. The van der Waals surface area contributed by atoms with Crippen LogP contribution in [0.15, 0.2) is 30.5 Å². The summed E-state index contributed by atoms with van der Waals surface area (Å²) in [5, 5.41) is 8.14. The van der Waals surface area contributed by atoms with E-state index in [0.717, 1.165) is 27.8 Å². The van der Waals surface area contributed by atoms with E-state index in [-0.39, 0.29) is 0 Å². The second-order valence-corrected chi connectivity index (χ2v) is 5.91. The Morgan fingerprint density at radius 2 is 2.25 bits per heavy atom. The Morgan fingerprint density at radius 3 is 3.00 bits per heavy atom. The summed E-state index contributed by atoms with van der Waals surface area (Å²) in [6, 6.07) is 8.35. The van der Waals surface area contributed by atoms with Crippen LogP contribution in [0.1, 0.15) is 12.5 Å². The summed E-state index contributed by atoms with van der Waals surface area (Å²) < 4.78 is 2.62. The van der Waals surface area contributed by atoms with Crippen molar-refractivity contribution in [3.8, 4) is 21.3 Å². The van der Waals surface area contributed by atoms with Crippen LogP contribution in [0.2, 0.25) is 0 Å². The predicted octanol–water partition coefficient (Wildman–Crippen LogP) is 4.06. The molecule has 0 fully saturated rings. The maximum Gasteiger partial charge on any atom is 0.195 e. The number of hydrogen-bond donors (Lipinski definition) is 1. The van der Waals surface area contributed by atoms with Crippen LogP contribution in [0.5, 0.6) is 0 Å². The number of nitrogens with zero attached hydrogens (tertiary/aromatic N) is 3. The molecular weight excluding hydrogens is 288 g/mol. The summed E-state index contributed by atoms with van der Waals surface area (Å²) in [7, 11) is 0. The molecule has 1 N–H and O–H groups in total. The topological polar surface area (TPSA) is 46.5 Å². The lowest BCUT2D eigenvalue weighted by atomic mass is 10.1. The van der Waals surface area contributed by atoms with Crippen molar-refractivity contribution in [3.05, 3.63) is 40.8 Å². The van der Waals surface area contributed by atoms with E-state index in [2.05, 4.69) is 47.2 Å².